The van der Waals surface area contributed by atoms with Gasteiger partial charge in [0, 0.05) is 30.3 Å². The molecule has 1 saturated heterocycles. The lowest BCUT2D eigenvalue weighted by molar-refractivity contribution is -0.145. The van der Waals surface area contributed by atoms with Gasteiger partial charge in [-0.1, -0.05) is 30.3 Å². The number of nitrogens with zero attached hydrogens (tertiary/aromatic N) is 1. The predicted octanol–water partition coefficient (Wildman–Crippen LogP) is 2.84. The largest absolute Gasteiger partial charge is 0.481 e. The minimum atomic E-state index is -0.956. The van der Waals surface area contributed by atoms with E-state index in [1.54, 1.807) is 29.2 Å². The number of nitrogens with one attached hydrogen (secondary N) is 1. The van der Waals surface area contributed by atoms with Crippen LogP contribution in [0.4, 0.5) is 0 Å². The molecular weight excluding hydrogens is 368 g/mol. The van der Waals surface area contributed by atoms with Crippen LogP contribution >= 0.6 is 0 Å². The first kappa shape index (κ1) is 19.2. The molecule has 0 unspecified atom stereocenters. The van der Waals surface area contributed by atoms with Crippen LogP contribution in [0.15, 0.2) is 54.6 Å². The van der Waals surface area contributed by atoms with E-state index in [2.05, 4.69) is 5.32 Å². The molecule has 4 rings (SSSR count). The second-order valence-corrected chi connectivity index (χ2v) is 7.87. The summed E-state index contributed by atoms with van der Waals surface area (Å²) in [4.78, 5) is 38.7. The number of carbonyl (C=O) groups excluding carboxylic acids is 2. The Labute approximate surface area is 169 Å². The Morgan fingerprint density at radius 2 is 1.48 bits per heavy atom. The Morgan fingerprint density at radius 3 is 2.03 bits per heavy atom. The number of aliphatic carboxylic acids is 1. The molecule has 1 aliphatic carbocycles. The lowest BCUT2D eigenvalue weighted by Crippen LogP contribution is -2.49. The van der Waals surface area contributed by atoms with Gasteiger partial charge in [-0.15, -0.1) is 0 Å². The van der Waals surface area contributed by atoms with E-state index in [0.717, 1.165) is 18.4 Å². The molecule has 0 spiro atoms. The minimum absolute atomic E-state index is 0.112. The summed E-state index contributed by atoms with van der Waals surface area (Å²) in [7, 11) is 0. The Bertz CT molecular complexity index is 912. The van der Waals surface area contributed by atoms with E-state index >= 15 is 0 Å². The molecule has 1 heterocycles. The summed E-state index contributed by atoms with van der Waals surface area (Å²) in [6, 6.07) is 16.2. The number of amides is 2. The van der Waals surface area contributed by atoms with Gasteiger partial charge in [0.05, 0.1) is 5.41 Å². The fourth-order valence-electron chi connectivity index (χ4n) is 3.92. The van der Waals surface area contributed by atoms with Crippen LogP contribution in [-0.4, -0.2) is 46.9 Å². The summed E-state index contributed by atoms with van der Waals surface area (Å²) in [5.41, 5.74) is 0.880. The number of piperidine rings is 1. The van der Waals surface area contributed by atoms with E-state index in [1.165, 1.54) is 0 Å². The van der Waals surface area contributed by atoms with Gasteiger partial charge in [0.2, 0.25) is 0 Å². The van der Waals surface area contributed by atoms with E-state index in [1.807, 2.05) is 30.3 Å². The van der Waals surface area contributed by atoms with E-state index < -0.39 is 11.4 Å². The smallest absolute Gasteiger partial charge is 0.314 e. The number of carbonyl (C=O) groups is 3. The summed E-state index contributed by atoms with van der Waals surface area (Å²) < 4.78 is 0. The van der Waals surface area contributed by atoms with Crippen LogP contribution < -0.4 is 5.32 Å². The third kappa shape index (κ3) is 3.88. The molecule has 2 N–H and O–H groups in total. The zero-order valence-electron chi connectivity index (χ0n) is 16.1. The fourth-order valence-corrected chi connectivity index (χ4v) is 3.92. The highest BCUT2D eigenvalue weighted by molar-refractivity contribution is 5.98. The molecule has 6 heteroatoms. The molecule has 0 atom stereocenters. The van der Waals surface area contributed by atoms with Gasteiger partial charge < -0.3 is 15.3 Å². The van der Waals surface area contributed by atoms with Gasteiger partial charge in [-0.3, -0.25) is 14.4 Å². The summed E-state index contributed by atoms with van der Waals surface area (Å²) in [5, 5.41) is 12.8. The van der Waals surface area contributed by atoms with Crippen LogP contribution in [0.1, 0.15) is 52.0 Å². The van der Waals surface area contributed by atoms with Crippen LogP contribution in [-0.2, 0) is 10.2 Å². The zero-order chi connectivity index (χ0) is 20.4. The van der Waals surface area contributed by atoms with Crippen LogP contribution in [0, 0.1) is 0 Å². The van der Waals surface area contributed by atoms with Crippen molar-refractivity contribution in [2.24, 2.45) is 0 Å². The molecular formula is C23H24N2O4. The number of carboxylic acids is 1. The van der Waals surface area contributed by atoms with Crippen molar-refractivity contribution >= 4 is 17.8 Å². The molecule has 2 amide bonds. The van der Waals surface area contributed by atoms with Crippen molar-refractivity contribution in [3.63, 3.8) is 0 Å². The molecule has 0 aromatic heterocycles. The Balaban J connectivity index is 1.43. The van der Waals surface area contributed by atoms with Gasteiger partial charge in [-0.2, -0.15) is 0 Å². The number of benzene rings is 2. The van der Waals surface area contributed by atoms with Crippen molar-refractivity contribution in [3.8, 4) is 0 Å². The molecule has 0 bridgehead atoms. The first-order valence-electron chi connectivity index (χ1n) is 9.99. The number of carboxylic acid groups (broad SMARTS) is 1. The Hall–Kier alpha value is -3.15. The lowest BCUT2D eigenvalue weighted by Gasteiger charge is -2.39. The topological polar surface area (TPSA) is 86.7 Å². The molecule has 1 saturated carbocycles. The average molecular weight is 392 g/mol. The number of rotatable bonds is 5. The maximum Gasteiger partial charge on any atom is 0.314 e. The molecule has 2 aliphatic rings. The maximum atomic E-state index is 12.9. The summed E-state index contributed by atoms with van der Waals surface area (Å²) >= 11 is 0. The van der Waals surface area contributed by atoms with Crippen LogP contribution in [0.25, 0.3) is 0 Å². The van der Waals surface area contributed by atoms with Crippen molar-refractivity contribution in [3.05, 3.63) is 71.3 Å². The second kappa shape index (κ2) is 7.70. The number of likely N-dealkylation sites (tertiary alicyclic amines) is 1. The van der Waals surface area contributed by atoms with Crippen molar-refractivity contribution in [2.75, 3.05) is 13.1 Å². The number of hydrogen-bond acceptors (Lipinski definition) is 3. The summed E-state index contributed by atoms with van der Waals surface area (Å²) in [6.07, 6.45) is 2.80. The van der Waals surface area contributed by atoms with E-state index in [-0.39, 0.29) is 17.9 Å². The highest BCUT2D eigenvalue weighted by Crippen LogP contribution is 2.36. The molecule has 29 heavy (non-hydrogen) atoms. The van der Waals surface area contributed by atoms with E-state index in [0.29, 0.717) is 37.1 Å². The third-order valence-electron chi connectivity index (χ3n) is 5.95. The van der Waals surface area contributed by atoms with Crippen molar-refractivity contribution in [1.29, 1.82) is 0 Å². The normalized spacial score (nSPS) is 18.1. The minimum Gasteiger partial charge on any atom is -0.481 e. The molecule has 2 aromatic carbocycles. The van der Waals surface area contributed by atoms with Gasteiger partial charge >= 0.3 is 5.97 Å². The summed E-state index contributed by atoms with van der Waals surface area (Å²) in [6.45, 7) is 0.758. The second-order valence-electron chi connectivity index (χ2n) is 7.87. The van der Waals surface area contributed by atoms with Gasteiger partial charge in [0.25, 0.3) is 11.8 Å². The molecule has 2 fully saturated rings. The zero-order valence-corrected chi connectivity index (χ0v) is 16.1. The first-order valence-corrected chi connectivity index (χ1v) is 9.99. The molecule has 0 radical (unpaired) electrons. The fraction of sp³-hybridized carbons (Fsp3) is 0.348. The third-order valence-corrected chi connectivity index (χ3v) is 5.95. The van der Waals surface area contributed by atoms with E-state index in [9.17, 15) is 19.5 Å². The van der Waals surface area contributed by atoms with Crippen molar-refractivity contribution in [2.45, 2.75) is 37.1 Å². The first-order chi connectivity index (χ1) is 14.0. The summed E-state index contributed by atoms with van der Waals surface area (Å²) in [5.74, 6) is -1.09. The van der Waals surface area contributed by atoms with Crippen LogP contribution in [0.2, 0.25) is 0 Å². The van der Waals surface area contributed by atoms with Gasteiger partial charge in [0.1, 0.15) is 0 Å². The highest BCUT2D eigenvalue weighted by atomic mass is 16.4. The van der Waals surface area contributed by atoms with Gasteiger partial charge in [0.15, 0.2) is 0 Å². The van der Waals surface area contributed by atoms with Crippen LogP contribution in [0.5, 0.6) is 0 Å². The quantitative estimate of drug-likeness (QED) is 0.819. The average Bonchev–Trinajstić information content (AvgIpc) is 3.58. The van der Waals surface area contributed by atoms with Crippen LogP contribution in [0.3, 0.4) is 0 Å². The molecule has 6 nitrogen and oxygen atoms in total. The SMILES string of the molecule is O=C(NC1CC1)c1ccc(C(=O)N2CCC(C(=O)O)(c3ccccc3)CC2)cc1. The Morgan fingerprint density at radius 1 is 0.897 bits per heavy atom. The highest BCUT2D eigenvalue weighted by Gasteiger charge is 2.43. The predicted molar refractivity (Wildman–Crippen MR) is 108 cm³/mol. The molecule has 2 aromatic rings. The van der Waals surface area contributed by atoms with Gasteiger partial charge in [-0.25, -0.2) is 0 Å². The van der Waals surface area contributed by atoms with Gasteiger partial charge in [-0.05, 0) is 55.5 Å². The Kier molecular flexibility index (Phi) is 5.09. The maximum absolute atomic E-state index is 12.9. The number of hydrogen-bond donors (Lipinski definition) is 2. The monoisotopic (exact) mass is 392 g/mol. The standard InChI is InChI=1S/C23H24N2O4/c26-20(24-19-10-11-19)16-6-8-17(9-7-16)21(27)25-14-12-23(13-15-25,22(28)29)18-4-2-1-3-5-18/h1-9,19H,10-15H2,(H,24,26)(H,28,29). The molecule has 150 valence electrons. The van der Waals surface area contributed by atoms with Crippen molar-refractivity contribution < 1.29 is 19.5 Å². The van der Waals surface area contributed by atoms with Crippen molar-refractivity contribution in [1.82, 2.24) is 10.2 Å². The lowest BCUT2D eigenvalue weighted by atomic mass is 9.73. The molecule has 1 aliphatic heterocycles. The van der Waals surface area contributed by atoms with E-state index in [4.69, 9.17) is 0 Å².